The molecule has 3 N–H and O–H groups in total. The number of aryl methyl sites for hydroxylation is 1. The van der Waals surface area contributed by atoms with E-state index in [2.05, 4.69) is 19.1 Å². The van der Waals surface area contributed by atoms with Gasteiger partial charge in [0.2, 0.25) is 0 Å². The molecular formula is C18H28N2O. The third-order valence-electron chi connectivity index (χ3n) is 4.23. The van der Waals surface area contributed by atoms with E-state index in [1.807, 2.05) is 0 Å². The number of hydrogen-bond donors (Lipinski definition) is 2. The molecule has 1 aromatic rings. The fraction of sp³-hybridized carbons (Fsp3) is 0.611. The van der Waals surface area contributed by atoms with E-state index in [1.54, 1.807) is 0 Å². The summed E-state index contributed by atoms with van der Waals surface area (Å²) in [7, 11) is 0. The van der Waals surface area contributed by atoms with Gasteiger partial charge in [-0.2, -0.15) is 0 Å². The predicted molar refractivity (Wildman–Crippen MR) is 88.6 cm³/mol. The first-order chi connectivity index (χ1) is 10.2. The summed E-state index contributed by atoms with van der Waals surface area (Å²) < 4.78 is 5.66. The Balaban J connectivity index is 1.88. The molecule has 21 heavy (non-hydrogen) atoms. The summed E-state index contributed by atoms with van der Waals surface area (Å²) in [6.45, 7) is 3.78. The van der Waals surface area contributed by atoms with Crippen LogP contribution in [0.1, 0.15) is 55.7 Å². The highest BCUT2D eigenvalue weighted by molar-refractivity contribution is 5.84. The highest BCUT2D eigenvalue weighted by atomic mass is 16.5. The minimum absolute atomic E-state index is 0.775. The number of ether oxygens (including phenoxy) is 1. The van der Waals surface area contributed by atoms with Gasteiger partial charge in [0.1, 0.15) is 5.75 Å². The third kappa shape index (κ3) is 4.57. The molecule has 116 valence electrons. The zero-order valence-electron chi connectivity index (χ0n) is 13.2. The minimum Gasteiger partial charge on any atom is -0.493 e. The van der Waals surface area contributed by atoms with Crippen LogP contribution >= 0.6 is 0 Å². The maximum Gasteiger partial charge on any atom is 0.122 e. The fourth-order valence-corrected chi connectivity index (χ4v) is 2.97. The van der Waals surface area contributed by atoms with E-state index in [1.165, 1.54) is 29.5 Å². The van der Waals surface area contributed by atoms with E-state index >= 15 is 0 Å². The highest BCUT2D eigenvalue weighted by Crippen LogP contribution is 2.29. The quantitative estimate of drug-likeness (QED) is 0.538. The summed E-state index contributed by atoms with van der Waals surface area (Å²) >= 11 is 0. The van der Waals surface area contributed by atoms with Crippen LogP contribution in [0, 0.1) is 5.41 Å². The zero-order chi connectivity index (χ0) is 15.1. The van der Waals surface area contributed by atoms with Crippen LogP contribution in [0.15, 0.2) is 12.1 Å². The van der Waals surface area contributed by atoms with Crippen LogP contribution in [0.25, 0.3) is 0 Å². The second-order valence-corrected chi connectivity index (χ2v) is 5.91. The van der Waals surface area contributed by atoms with Crippen LogP contribution in [0.4, 0.5) is 0 Å². The summed E-state index contributed by atoms with van der Waals surface area (Å²) in [6, 6.07) is 4.45. The molecule has 0 saturated carbocycles. The standard InChI is InChI=1S/C18H28N2O/c1-2-14-11-15-8-10-21-18(15)13-16(14)12-17(20)7-5-3-4-6-9-19/h11,13,20H,2-10,12,19H2,1H3. The average molecular weight is 288 g/mol. The molecule has 1 aromatic carbocycles. The van der Waals surface area contributed by atoms with Crippen LogP contribution < -0.4 is 10.5 Å². The summed E-state index contributed by atoms with van der Waals surface area (Å²) in [5.41, 5.74) is 10.3. The summed E-state index contributed by atoms with van der Waals surface area (Å²) in [6.07, 6.45) is 8.34. The molecule has 0 aromatic heterocycles. The van der Waals surface area contributed by atoms with Gasteiger partial charge < -0.3 is 15.9 Å². The lowest BCUT2D eigenvalue weighted by Crippen LogP contribution is -2.05. The third-order valence-corrected chi connectivity index (χ3v) is 4.23. The van der Waals surface area contributed by atoms with Gasteiger partial charge in [-0.15, -0.1) is 0 Å². The van der Waals surface area contributed by atoms with Gasteiger partial charge in [0, 0.05) is 18.6 Å². The minimum atomic E-state index is 0.775. The molecule has 0 amide bonds. The molecule has 3 heteroatoms. The second-order valence-electron chi connectivity index (χ2n) is 5.91. The molecule has 0 atom stereocenters. The molecule has 0 bridgehead atoms. The Morgan fingerprint density at radius 2 is 2.00 bits per heavy atom. The van der Waals surface area contributed by atoms with E-state index < -0.39 is 0 Å². The van der Waals surface area contributed by atoms with E-state index in [-0.39, 0.29) is 0 Å². The maximum absolute atomic E-state index is 8.21. The number of nitrogens with one attached hydrogen (secondary N) is 1. The van der Waals surface area contributed by atoms with E-state index in [0.29, 0.717) is 0 Å². The topological polar surface area (TPSA) is 59.1 Å². The van der Waals surface area contributed by atoms with Crippen molar-refractivity contribution in [2.45, 2.75) is 58.3 Å². The molecule has 2 rings (SSSR count). The number of fused-ring (bicyclic) bond motifs is 1. The molecule has 0 fully saturated rings. The molecule has 0 saturated heterocycles. The first-order valence-corrected chi connectivity index (χ1v) is 8.28. The Morgan fingerprint density at radius 1 is 1.19 bits per heavy atom. The van der Waals surface area contributed by atoms with Crippen molar-refractivity contribution in [3.63, 3.8) is 0 Å². The molecule has 1 aliphatic rings. The van der Waals surface area contributed by atoms with Crippen LogP contribution in [0.3, 0.4) is 0 Å². The van der Waals surface area contributed by atoms with Crippen molar-refractivity contribution >= 4 is 5.71 Å². The van der Waals surface area contributed by atoms with Crippen molar-refractivity contribution in [1.82, 2.24) is 0 Å². The summed E-state index contributed by atoms with van der Waals surface area (Å²) in [4.78, 5) is 0. The predicted octanol–water partition coefficient (Wildman–Crippen LogP) is 3.66. The van der Waals surface area contributed by atoms with Gasteiger partial charge in [0.25, 0.3) is 0 Å². The Labute approximate surface area is 128 Å². The van der Waals surface area contributed by atoms with Crippen molar-refractivity contribution in [3.05, 3.63) is 28.8 Å². The van der Waals surface area contributed by atoms with Gasteiger partial charge in [-0.1, -0.05) is 25.8 Å². The van der Waals surface area contributed by atoms with E-state index in [4.69, 9.17) is 15.9 Å². The SMILES string of the molecule is CCc1cc2c(cc1CC(=N)CCCCCCN)OCC2. The number of rotatable bonds is 9. The molecule has 1 aliphatic heterocycles. The lowest BCUT2D eigenvalue weighted by molar-refractivity contribution is 0.356. The van der Waals surface area contributed by atoms with Crippen molar-refractivity contribution in [2.24, 2.45) is 5.73 Å². The first-order valence-electron chi connectivity index (χ1n) is 8.28. The van der Waals surface area contributed by atoms with Crippen molar-refractivity contribution in [1.29, 1.82) is 5.41 Å². The van der Waals surface area contributed by atoms with Crippen molar-refractivity contribution in [3.8, 4) is 5.75 Å². The van der Waals surface area contributed by atoms with Crippen molar-refractivity contribution < 1.29 is 4.74 Å². The smallest absolute Gasteiger partial charge is 0.122 e. The number of unbranched alkanes of at least 4 members (excludes halogenated alkanes) is 3. The number of hydrogen-bond acceptors (Lipinski definition) is 3. The average Bonchev–Trinajstić information content (AvgIpc) is 2.93. The summed E-state index contributed by atoms with van der Waals surface area (Å²) in [5.74, 6) is 1.04. The Kier molecular flexibility index (Phi) is 6.24. The van der Waals surface area contributed by atoms with Crippen LogP contribution in [-0.4, -0.2) is 18.9 Å². The maximum atomic E-state index is 8.21. The Hall–Kier alpha value is -1.35. The van der Waals surface area contributed by atoms with Gasteiger partial charge in [-0.3, -0.25) is 0 Å². The van der Waals surface area contributed by atoms with E-state index in [9.17, 15) is 0 Å². The molecular weight excluding hydrogens is 260 g/mol. The van der Waals surface area contributed by atoms with Crippen molar-refractivity contribution in [2.75, 3.05) is 13.2 Å². The first kappa shape index (κ1) is 16.0. The molecule has 0 aliphatic carbocycles. The molecule has 3 nitrogen and oxygen atoms in total. The summed E-state index contributed by atoms with van der Waals surface area (Å²) in [5, 5.41) is 8.21. The lowest BCUT2D eigenvalue weighted by Gasteiger charge is -2.11. The fourth-order valence-electron chi connectivity index (χ4n) is 2.97. The molecule has 0 unspecified atom stereocenters. The Morgan fingerprint density at radius 3 is 2.76 bits per heavy atom. The zero-order valence-corrected chi connectivity index (χ0v) is 13.2. The Bertz CT molecular complexity index is 482. The second kappa shape index (κ2) is 8.18. The van der Waals surface area contributed by atoms with Gasteiger partial charge in [-0.05, 0) is 55.0 Å². The van der Waals surface area contributed by atoms with Gasteiger partial charge in [0.05, 0.1) is 6.61 Å². The molecule has 1 heterocycles. The highest BCUT2D eigenvalue weighted by Gasteiger charge is 2.15. The van der Waals surface area contributed by atoms with Gasteiger partial charge in [-0.25, -0.2) is 0 Å². The van der Waals surface area contributed by atoms with Crippen LogP contribution in [0.2, 0.25) is 0 Å². The monoisotopic (exact) mass is 288 g/mol. The van der Waals surface area contributed by atoms with Crippen LogP contribution in [0.5, 0.6) is 5.75 Å². The number of benzene rings is 1. The lowest BCUT2D eigenvalue weighted by atomic mass is 9.95. The molecule has 0 radical (unpaired) electrons. The molecule has 0 spiro atoms. The van der Waals surface area contributed by atoms with Gasteiger partial charge in [0.15, 0.2) is 0 Å². The van der Waals surface area contributed by atoms with Gasteiger partial charge >= 0.3 is 0 Å². The van der Waals surface area contributed by atoms with E-state index in [0.717, 1.165) is 63.1 Å². The van der Waals surface area contributed by atoms with Crippen LogP contribution in [-0.2, 0) is 19.3 Å². The largest absolute Gasteiger partial charge is 0.493 e. The number of nitrogens with two attached hydrogens (primary N) is 1. The normalized spacial score (nSPS) is 13.0.